The van der Waals surface area contributed by atoms with Crippen LogP contribution in [0.3, 0.4) is 0 Å². The largest absolute Gasteiger partial charge is 1.00 e. The fraction of sp³-hybridized carbons (Fsp3) is 0.912. The molecule has 9 atom stereocenters. The molecule has 0 aromatic carbocycles. The van der Waals surface area contributed by atoms with Crippen LogP contribution in [0.15, 0.2) is 12.7 Å². The molecule has 0 radical (unpaired) electrons. The Balaban J connectivity index is 0.00000308. The minimum absolute atomic E-state index is 0. The molecule has 5 heteroatoms. The smallest absolute Gasteiger partial charge is 0.302 e. The van der Waals surface area contributed by atoms with Gasteiger partial charge in [0.15, 0.2) is 0 Å². The van der Waals surface area contributed by atoms with E-state index in [2.05, 4.69) is 31.4 Å². The van der Waals surface area contributed by atoms with Crippen LogP contribution >= 0.6 is 0 Å². The van der Waals surface area contributed by atoms with Crippen molar-refractivity contribution in [1.82, 2.24) is 4.90 Å². The average molecular weight is 606 g/mol. The molecule has 4 nitrogen and oxygen atoms in total. The number of piperidine rings is 2. The van der Waals surface area contributed by atoms with Crippen molar-refractivity contribution in [3.05, 3.63) is 12.7 Å². The molecule has 0 N–H and O–H groups in total. The first-order chi connectivity index (χ1) is 18.3. The van der Waals surface area contributed by atoms with Gasteiger partial charge in [-0.15, -0.1) is 0 Å². The number of fused-ring (bicyclic) bond motifs is 5. The third kappa shape index (κ3) is 5.33. The second kappa shape index (κ2) is 11.7. The predicted molar refractivity (Wildman–Crippen MR) is 155 cm³/mol. The van der Waals surface area contributed by atoms with E-state index < -0.39 is 0 Å². The third-order valence-corrected chi connectivity index (χ3v) is 13.6. The standard InChI is InChI=1S/C34H57N2O2.BrH/c1-5-18-36(19-10-7-11-20-36)27-22-30-28-13-12-26-21-32(38-25(2)37)31(35-16-8-6-9-17-35)24-34(26,4)29(28)14-15-33(30,3)23-27;/h5,26-32H,1,6-24H2,2-4H3;1H/q+1;/p-1/t26-,27-,28+,29-,30-,31-,32-,33+,34-;/m0./s1. The van der Waals surface area contributed by atoms with Crippen molar-refractivity contribution in [3.8, 4) is 0 Å². The maximum atomic E-state index is 12.2. The van der Waals surface area contributed by atoms with Gasteiger partial charge in [0, 0.05) is 25.8 Å². The summed E-state index contributed by atoms with van der Waals surface area (Å²) in [6.07, 6.45) is 21.5. The van der Waals surface area contributed by atoms with Crippen LogP contribution in [-0.4, -0.2) is 66.3 Å². The lowest BCUT2D eigenvalue weighted by Gasteiger charge is -2.62. The fourth-order valence-electron chi connectivity index (χ4n) is 11.7. The maximum Gasteiger partial charge on any atom is 0.302 e. The molecule has 2 saturated heterocycles. The number of carbonyl (C=O) groups excluding carboxylic acids is 1. The van der Waals surface area contributed by atoms with Crippen LogP contribution in [0.25, 0.3) is 0 Å². The van der Waals surface area contributed by atoms with Crippen LogP contribution in [0.2, 0.25) is 0 Å². The van der Waals surface area contributed by atoms with E-state index in [4.69, 9.17) is 4.74 Å². The van der Waals surface area contributed by atoms with Crippen LogP contribution in [0.5, 0.6) is 0 Å². The van der Waals surface area contributed by atoms with E-state index in [-0.39, 0.29) is 29.1 Å². The van der Waals surface area contributed by atoms with E-state index in [9.17, 15) is 4.79 Å². The topological polar surface area (TPSA) is 29.5 Å². The molecule has 4 saturated carbocycles. The molecule has 6 fully saturated rings. The van der Waals surface area contributed by atoms with Gasteiger partial charge in [-0.3, -0.25) is 9.69 Å². The number of hydrogen-bond acceptors (Lipinski definition) is 3. The summed E-state index contributed by atoms with van der Waals surface area (Å²) in [5.41, 5.74) is 0.944. The highest BCUT2D eigenvalue weighted by atomic mass is 79.9. The van der Waals surface area contributed by atoms with Gasteiger partial charge < -0.3 is 26.2 Å². The molecule has 0 unspecified atom stereocenters. The number of ether oxygens (including phenoxy) is 1. The van der Waals surface area contributed by atoms with Gasteiger partial charge in [0.25, 0.3) is 0 Å². The molecule has 0 aromatic rings. The Morgan fingerprint density at radius 3 is 2.38 bits per heavy atom. The number of esters is 1. The Morgan fingerprint density at radius 2 is 1.69 bits per heavy atom. The second-order valence-corrected chi connectivity index (χ2v) is 15.4. The summed E-state index contributed by atoms with van der Waals surface area (Å²) >= 11 is 0. The molecule has 2 heterocycles. The summed E-state index contributed by atoms with van der Waals surface area (Å²) in [6, 6.07) is 1.28. The van der Waals surface area contributed by atoms with E-state index in [1.165, 1.54) is 121 Å². The normalized spacial score (nSPS) is 45.7. The van der Waals surface area contributed by atoms with E-state index in [0.29, 0.717) is 16.9 Å². The van der Waals surface area contributed by atoms with Gasteiger partial charge >= 0.3 is 5.97 Å². The zero-order valence-corrected chi connectivity index (χ0v) is 26.9. The quantitative estimate of drug-likeness (QED) is 0.270. The number of halogens is 1. The summed E-state index contributed by atoms with van der Waals surface area (Å²) < 4.78 is 7.45. The zero-order valence-electron chi connectivity index (χ0n) is 25.3. The van der Waals surface area contributed by atoms with Crippen molar-refractivity contribution >= 4 is 5.97 Å². The molecule has 0 spiro atoms. The Labute approximate surface area is 250 Å². The van der Waals surface area contributed by atoms with Gasteiger partial charge in [-0.1, -0.05) is 26.8 Å². The Morgan fingerprint density at radius 1 is 0.974 bits per heavy atom. The highest BCUT2D eigenvalue weighted by Gasteiger charge is 2.63. The number of hydrogen-bond donors (Lipinski definition) is 0. The summed E-state index contributed by atoms with van der Waals surface area (Å²) in [6.45, 7) is 17.6. The molecule has 4 aliphatic carbocycles. The lowest BCUT2D eigenvalue weighted by atomic mass is 9.44. The SMILES string of the molecule is C=CC[N+]1([C@H]2C[C@H]3[C@@H]4CC[C@H]5C[C@H](OC(C)=O)[C@@H](N6CCCCC6)C[C@]5(C)[C@H]4CC[C@]3(C)C2)CCCCC1.[Br-]. The van der Waals surface area contributed by atoms with Gasteiger partial charge in [-0.05, 0) is 124 Å². The molecular weight excluding hydrogens is 548 g/mol. The Bertz CT molecular complexity index is 882. The Hall–Kier alpha value is -0.390. The monoisotopic (exact) mass is 604 g/mol. The zero-order chi connectivity index (χ0) is 26.5. The first-order valence-corrected chi connectivity index (χ1v) is 16.7. The molecular formula is C34H57BrN2O2. The van der Waals surface area contributed by atoms with Gasteiger partial charge in [0.2, 0.25) is 0 Å². The van der Waals surface area contributed by atoms with Crippen molar-refractivity contribution < 1.29 is 31.0 Å². The molecule has 222 valence electrons. The highest BCUT2D eigenvalue weighted by molar-refractivity contribution is 5.66. The number of carbonyl (C=O) groups is 1. The first-order valence-electron chi connectivity index (χ1n) is 16.7. The molecule has 0 aromatic heterocycles. The van der Waals surface area contributed by atoms with Crippen LogP contribution < -0.4 is 17.0 Å². The molecule has 6 aliphatic rings. The lowest BCUT2D eigenvalue weighted by Crippen LogP contribution is -3.00. The molecule has 2 aliphatic heterocycles. The summed E-state index contributed by atoms with van der Waals surface area (Å²) in [5.74, 6) is 3.31. The number of likely N-dealkylation sites (tertiary alicyclic amines) is 2. The fourth-order valence-corrected chi connectivity index (χ4v) is 11.7. The van der Waals surface area contributed by atoms with E-state index in [0.717, 1.165) is 36.1 Å². The van der Waals surface area contributed by atoms with Crippen molar-refractivity contribution in [3.63, 3.8) is 0 Å². The predicted octanol–water partition coefficient (Wildman–Crippen LogP) is 3.98. The van der Waals surface area contributed by atoms with Gasteiger partial charge in [0.05, 0.1) is 25.7 Å². The van der Waals surface area contributed by atoms with E-state index >= 15 is 0 Å². The average Bonchev–Trinajstić information content (AvgIpc) is 3.28. The van der Waals surface area contributed by atoms with Crippen LogP contribution in [0.1, 0.15) is 111 Å². The van der Waals surface area contributed by atoms with Gasteiger partial charge in [0.1, 0.15) is 6.10 Å². The third-order valence-electron chi connectivity index (χ3n) is 13.6. The minimum Gasteiger partial charge on any atom is -1.00 e. The summed E-state index contributed by atoms with van der Waals surface area (Å²) in [5, 5.41) is 0. The first kappa shape index (κ1) is 30.1. The molecule has 39 heavy (non-hydrogen) atoms. The van der Waals surface area contributed by atoms with Crippen molar-refractivity contribution in [1.29, 1.82) is 0 Å². The number of nitrogens with zero attached hydrogens (tertiary/aromatic N) is 2. The lowest BCUT2D eigenvalue weighted by molar-refractivity contribution is -0.950. The maximum absolute atomic E-state index is 12.2. The Kier molecular flexibility index (Phi) is 9.03. The van der Waals surface area contributed by atoms with Crippen LogP contribution in [-0.2, 0) is 9.53 Å². The van der Waals surface area contributed by atoms with Crippen molar-refractivity contribution in [2.45, 2.75) is 129 Å². The van der Waals surface area contributed by atoms with Gasteiger partial charge in [-0.25, -0.2) is 0 Å². The second-order valence-electron chi connectivity index (χ2n) is 15.4. The number of rotatable bonds is 5. The summed E-state index contributed by atoms with van der Waals surface area (Å²) in [7, 11) is 0. The van der Waals surface area contributed by atoms with E-state index in [1.54, 1.807) is 6.92 Å². The highest BCUT2D eigenvalue weighted by Crippen LogP contribution is 2.67. The van der Waals surface area contributed by atoms with Crippen LogP contribution in [0.4, 0.5) is 0 Å². The van der Waals surface area contributed by atoms with Crippen molar-refractivity contribution in [2.75, 3.05) is 32.7 Å². The molecule has 0 amide bonds. The van der Waals surface area contributed by atoms with Gasteiger partial charge in [-0.2, -0.15) is 0 Å². The number of quaternary nitrogens is 1. The van der Waals surface area contributed by atoms with Crippen molar-refractivity contribution in [2.24, 2.45) is 34.5 Å². The molecule has 0 bridgehead atoms. The van der Waals surface area contributed by atoms with E-state index in [1.807, 2.05) is 0 Å². The summed E-state index contributed by atoms with van der Waals surface area (Å²) in [4.78, 5) is 14.9. The van der Waals surface area contributed by atoms with Crippen LogP contribution in [0, 0.1) is 34.5 Å². The molecule has 6 rings (SSSR count). The minimum atomic E-state index is -0.0750.